The van der Waals surface area contributed by atoms with Crippen LogP contribution in [0.25, 0.3) is 15.9 Å². The monoisotopic (exact) mass is 402 g/mol. The molecule has 0 saturated heterocycles. The lowest BCUT2D eigenvalue weighted by Gasteiger charge is -2.03. The number of nitrogens with one attached hydrogen (secondary N) is 1. The molecule has 0 bridgehead atoms. The minimum atomic E-state index is -0.185. The fourth-order valence-corrected chi connectivity index (χ4v) is 3.51. The first-order chi connectivity index (χ1) is 11.6. The molecule has 0 aliphatic heterocycles. The Morgan fingerprint density at radius 2 is 2.00 bits per heavy atom. The summed E-state index contributed by atoms with van der Waals surface area (Å²) < 4.78 is 7.30. The Hall–Kier alpha value is -2.45. The Labute approximate surface area is 148 Å². The van der Waals surface area contributed by atoms with Crippen LogP contribution in [0.1, 0.15) is 0 Å². The van der Waals surface area contributed by atoms with Crippen LogP contribution in [-0.4, -0.2) is 21.7 Å². The summed E-state index contributed by atoms with van der Waals surface area (Å²) in [5.74, 6) is 0.777. The molecule has 0 radical (unpaired) electrons. The van der Waals surface area contributed by atoms with Crippen LogP contribution in [0, 0.1) is 0 Å². The number of ether oxygens (including phenoxy) is 1. The van der Waals surface area contributed by atoms with Crippen LogP contribution >= 0.6 is 27.3 Å². The maximum Gasteiger partial charge on any atom is 0.283 e. The molecule has 24 heavy (non-hydrogen) atoms. The Morgan fingerprint density at radius 3 is 2.75 bits per heavy atom. The first-order valence-electron chi connectivity index (χ1n) is 7.04. The highest BCUT2D eigenvalue weighted by molar-refractivity contribution is 9.10. The number of fused-ring (bicyclic) bond motifs is 2. The number of rotatable bonds is 3. The molecule has 2 heterocycles. The molecule has 0 aliphatic rings. The molecule has 0 fully saturated rings. The van der Waals surface area contributed by atoms with Gasteiger partial charge in [0.15, 0.2) is 0 Å². The maximum atomic E-state index is 12.6. The molecule has 4 rings (SSSR count). The van der Waals surface area contributed by atoms with Gasteiger partial charge in [0.05, 0.1) is 18.0 Å². The van der Waals surface area contributed by atoms with Crippen molar-refractivity contribution in [2.24, 2.45) is 0 Å². The summed E-state index contributed by atoms with van der Waals surface area (Å²) in [6.45, 7) is 0. The summed E-state index contributed by atoms with van der Waals surface area (Å²) in [6.07, 6.45) is 0. The predicted octanol–water partition coefficient (Wildman–Crippen LogP) is 3.82. The third-order valence-electron chi connectivity index (χ3n) is 3.50. The number of methoxy groups -OCH3 is 1. The summed E-state index contributed by atoms with van der Waals surface area (Å²) >= 11 is 4.70. The topological polar surface area (TPSA) is 68.5 Å². The van der Waals surface area contributed by atoms with E-state index in [1.807, 2.05) is 36.4 Å². The molecule has 0 unspecified atom stereocenters. The van der Waals surface area contributed by atoms with E-state index in [9.17, 15) is 4.79 Å². The maximum absolute atomic E-state index is 12.6. The number of benzene rings is 2. The van der Waals surface area contributed by atoms with Gasteiger partial charge in [-0.05, 0) is 42.5 Å². The summed E-state index contributed by atoms with van der Waals surface area (Å²) in [6, 6.07) is 12.9. The van der Waals surface area contributed by atoms with Crippen LogP contribution in [0.3, 0.4) is 0 Å². The largest absolute Gasteiger partial charge is 0.497 e. The zero-order valence-electron chi connectivity index (χ0n) is 12.5. The SMILES string of the molecule is COc1ccc(Nc2nn3c(=O)c4cc(Br)ccc4nc3s2)cc1. The van der Waals surface area contributed by atoms with E-state index >= 15 is 0 Å². The smallest absolute Gasteiger partial charge is 0.283 e. The van der Waals surface area contributed by atoms with Crippen LogP contribution in [0.5, 0.6) is 5.75 Å². The van der Waals surface area contributed by atoms with Crippen molar-refractivity contribution in [3.63, 3.8) is 0 Å². The summed E-state index contributed by atoms with van der Waals surface area (Å²) in [5, 5.41) is 8.64. The van der Waals surface area contributed by atoms with Crippen molar-refractivity contribution < 1.29 is 4.74 Å². The van der Waals surface area contributed by atoms with Crippen LogP contribution in [-0.2, 0) is 0 Å². The van der Waals surface area contributed by atoms with Crippen LogP contribution in [0.2, 0.25) is 0 Å². The first-order valence-corrected chi connectivity index (χ1v) is 8.65. The summed E-state index contributed by atoms with van der Waals surface area (Å²) in [7, 11) is 1.62. The lowest BCUT2D eigenvalue weighted by Crippen LogP contribution is -2.15. The van der Waals surface area contributed by atoms with Crippen molar-refractivity contribution in [1.82, 2.24) is 14.6 Å². The average Bonchev–Trinajstić information content (AvgIpc) is 2.99. The molecular formula is C16H11BrN4O2S. The lowest BCUT2D eigenvalue weighted by molar-refractivity contribution is 0.415. The second kappa shape index (κ2) is 5.88. The highest BCUT2D eigenvalue weighted by Gasteiger charge is 2.11. The Bertz CT molecular complexity index is 1100. The van der Waals surface area contributed by atoms with Gasteiger partial charge in [-0.25, -0.2) is 4.98 Å². The number of aromatic nitrogens is 3. The Balaban J connectivity index is 1.78. The zero-order chi connectivity index (χ0) is 16.7. The fraction of sp³-hybridized carbons (Fsp3) is 0.0625. The number of halogens is 1. The fourth-order valence-electron chi connectivity index (χ4n) is 2.33. The van der Waals surface area contributed by atoms with Gasteiger partial charge < -0.3 is 10.1 Å². The van der Waals surface area contributed by atoms with Crippen LogP contribution < -0.4 is 15.6 Å². The van der Waals surface area contributed by atoms with Gasteiger partial charge in [-0.3, -0.25) is 4.79 Å². The quantitative estimate of drug-likeness (QED) is 0.563. The second-order valence-electron chi connectivity index (χ2n) is 5.03. The van der Waals surface area contributed by atoms with Gasteiger partial charge in [0.2, 0.25) is 10.1 Å². The van der Waals surface area contributed by atoms with Crippen molar-refractivity contribution in [3.8, 4) is 5.75 Å². The lowest BCUT2D eigenvalue weighted by atomic mass is 10.2. The standard InChI is InChI=1S/C16H11BrN4O2S/c1-23-11-5-3-10(4-6-11)18-15-20-21-14(22)12-8-9(17)2-7-13(12)19-16(21)24-15/h2-8H,1H3,(H,18,20). The molecule has 8 heteroatoms. The molecule has 0 amide bonds. The van der Waals surface area contributed by atoms with Crippen molar-refractivity contribution in [1.29, 1.82) is 0 Å². The summed E-state index contributed by atoms with van der Waals surface area (Å²) in [5.41, 5.74) is 1.33. The van der Waals surface area contributed by atoms with E-state index in [-0.39, 0.29) is 5.56 Å². The van der Waals surface area contributed by atoms with Gasteiger partial charge in [-0.15, -0.1) is 5.10 Å². The Morgan fingerprint density at radius 1 is 1.21 bits per heavy atom. The van der Waals surface area contributed by atoms with Gasteiger partial charge in [0.25, 0.3) is 5.56 Å². The molecule has 4 aromatic rings. The number of nitrogens with zero attached hydrogens (tertiary/aromatic N) is 3. The van der Waals surface area contributed by atoms with Crippen molar-refractivity contribution in [2.45, 2.75) is 0 Å². The van der Waals surface area contributed by atoms with E-state index < -0.39 is 0 Å². The predicted molar refractivity (Wildman–Crippen MR) is 98.6 cm³/mol. The molecule has 0 aliphatic carbocycles. The van der Waals surface area contributed by atoms with E-state index in [0.717, 1.165) is 15.9 Å². The number of anilines is 2. The average molecular weight is 403 g/mol. The molecule has 0 atom stereocenters. The number of hydrogen-bond donors (Lipinski definition) is 1. The highest BCUT2D eigenvalue weighted by atomic mass is 79.9. The minimum absolute atomic E-state index is 0.185. The zero-order valence-corrected chi connectivity index (χ0v) is 14.9. The van der Waals surface area contributed by atoms with Crippen molar-refractivity contribution in [2.75, 3.05) is 12.4 Å². The molecule has 0 spiro atoms. The minimum Gasteiger partial charge on any atom is -0.497 e. The molecule has 120 valence electrons. The normalized spacial score (nSPS) is 11.1. The highest BCUT2D eigenvalue weighted by Crippen LogP contribution is 2.24. The summed E-state index contributed by atoms with van der Waals surface area (Å²) in [4.78, 5) is 17.6. The van der Waals surface area contributed by atoms with Crippen LogP contribution in [0.4, 0.5) is 10.8 Å². The van der Waals surface area contributed by atoms with Gasteiger partial charge in [0.1, 0.15) is 5.75 Å². The molecule has 1 N–H and O–H groups in total. The van der Waals surface area contributed by atoms with Gasteiger partial charge >= 0.3 is 0 Å². The van der Waals surface area contributed by atoms with Gasteiger partial charge in [-0.2, -0.15) is 4.52 Å². The van der Waals surface area contributed by atoms with Gasteiger partial charge in [-0.1, -0.05) is 27.3 Å². The van der Waals surface area contributed by atoms with Crippen LogP contribution in [0.15, 0.2) is 51.7 Å². The Kier molecular flexibility index (Phi) is 3.70. The second-order valence-corrected chi connectivity index (χ2v) is 6.91. The van der Waals surface area contributed by atoms with E-state index in [2.05, 4.69) is 31.3 Å². The van der Waals surface area contributed by atoms with E-state index in [0.29, 0.717) is 21.0 Å². The molecule has 2 aromatic carbocycles. The van der Waals surface area contributed by atoms with Crippen molar-refractivity contribution >= 4 is 53.9 Å². The molecular weight excluding hydrogens is 392 g/mol. The molecule has 2 aromatic heterocycles. The van der Waals surface area contributed by atoms with E-state index in [4.69, 9.17) is 4.74 Å². The first kappa shape index (κ1) is 15.1. The third kappa shape index (κ3) is 2.63. The van der Waals surface area contributed by atoms with Gasteiger partial charge in [0, 0.05) is 10.2 Å². The number of hydrogen-bond acceptors (Lipinski definition) is 6. The molecule has 6 nitrogen and oxygen atoms in total. The third-order valence-corrected chi connectivity index (χ3v) is 4.82. The van der Waals surface area contributed by atoms with E-state index in [1.54, 1.807) is 13.2 Å². The molecule has 0 saturated carbocycles. The van der Waals surface area contributed by atoms with E-state index in [1.165, 1.54) is 15.9 Å². The van der Waals surface area contributed by atoms with Crippen molar-refractivity contribution in [3.05, 3.63) is 57.3 Å².